The summed E-state index contributed by atoms with van der Waals surface area (Å²) in [6.07, 6.45) is 9.75. The van der Waals surface area contributed by atoms with Gasteiger partial charge in [-0.1, -0.05) is 70.2 Å². The van der Waals surface area contributed by atoms with Crippen molar-refractivity contribution in [1.82, 2.24) is 24.4 Å². The Kier molecular flexibility index (Phi) is 14.5. The van der Waals surface area contributed by atoms with Gasteiger partial charge in [-0.05, 0) is 68.2 Å². The van der Waals surface area contributed by atoms with Gasteiger partial charge in [0.1, 0.15) is 33.7 Å². The number of nitrogens with zero attached hydrogens (tertiary/aromatic N) is 5. The van der Waals surface area contributed by atoms with Gasteiger partial charge in [0.25, 0.3) is 11.8 Å². The van der Waals surface area contributed by atoms with E-state index >= 15 is 0 Å². The van der Waals surface area contributed by atoms with Crippen LogP contribution in [0.5, 0.6) is 0 Å². The van der Waals surface area contributed by atoms with Gasteiger partial charge in [0.15, 0.2) is 9.87 Å². The monoisotopic (exact) mass is 917 g/mol. The molecule has 4 N–H and O–H groups in total. The molecule has 2 saturated carbocycles. The minimum absolute atomic E-state index is 0.292. The molecule has 8 rings (SSSR count). The van der Waals surface area contributed by atoms with Crippen molar-refractivity contribution >= 4 is 34.1 Å². The van der Waals surface area contributed by atoms with Crippen LogP contribution in [0.2, 0.25) is 0 Å². The molecule has 4 fully saturated rings. The first-order chi connectivity index (χ1) is 30.3. The summed E-state index contributed by atoms with van der Waals surface area (Å²) in [5.74, 6) is -10.9. The van der Waals surface area contributed by atoms with Crippen LogP contribution in [0, 0.1) is 58.2 Å². The van der Waals surface area contributed by atoms with Crippen LogP contribution in [0.4, 0.5) is 17.6 Å². The second-order valence-corrected chi connectivity index (χ2v) is 19.5. The molecule has 3 aromatic heterocycles. The second-order valence-electron chi connectivity index (χ2n) is 16.5. The van der Waals surface area contributed by atoms with E-state index in [1.807, 2.05) is 38.1 Å². The Morgan fingerprint density at radius 1 is 0.672 bits per heavy atom. The molecule has 4 aliphatic rings. The van der Waals surface area contributed by atoms with E-state index < -0.39 is 92.0 Å². The third-order valence-electron chi connectivity index (χ3n) is 12.8. The van der Waals surface area contributed by atoms with Gasteiger partial charge in [-0.25, -0.2) is 40.4 Å². The van der Waals surface area contributed by atoms with Gasteiger partial charge in [-0.2, -0.15) is 10.5 Å². The number of aromatic nitrogens is 3. The van der Waals surface area contributed by atoms with E-state index in [4.69, 9.17) is 0 Å². The van der Waals surface area contributed by atoms with E-state index in [0.717, 1.165) is 16.7 Å². The Balaban J connectivity index is 0.000000205. The highest BCUT2D eigenvalue weighted by molar-refractivity contribution is 7.84. The Hall–Kier alpha value is -5.01. The molecule has 2 aliphatic heterocycles. The fraction of sp³-hybridized carbons (Fsp3) is 0.426. The first kappa shape index (κ1) is 48.4. The van der Waals surface area contributed by atoms with E-state index in [9.17, 15) is 46.7 Å². The lowest BCUT2D eigenvalue weighted by atomic mass is 9.66. The number of fused-ring (bicyclic) bond motifs is 2. The van der Waals surface area contributed by atoms with Crippen molar-refractivity contribution in [1.29, 1.82) is 10.5 Å². The van der Waals surface area contributed by atoms with Crippen molar-refractivity contribution in [3.63, 3.8) is 0 Å². The smallest absolute Gasteiger partial charge is 0.254 e. The Morgan fingerprint density at radius 2 is 1.12 bits per heavy atom. The molecule has 0 bridgehead atoms. The fourth-order valence-electron chi connectivity index (χ4n) is 9.41. The van der Waals surface area contributed by atoms with Crippen molar-refractivity contribution < 1.29 is 36.2 Å². The van der Waals surface area contributed by atoms with Gasteiger partial charge in [-0.3, -0.25) is 9.97 Å². The molecule has 5 heterocycles. The SMILES string of the molecule is CC.CC1NS(=O)C2(O)CC(F)(F)C(C)[C@H](/C=C/c3ccc(-c4ccccc4C#N)cn3)C12.CC1NS(=O)C2(O)CC(F)(F)C(C)[C@H](/C=C/c3ccc(-c4cccnc4C#N)cn3)C12. The third-order valence-corrected chi connectivity index (χ3v) is 16.1. The maximum absolute atomic E-state index is 14.7. The quantitative estimate of drug-likeness (QED) is 0.139. The largest absolute Gasteiger partial charge is 0.375 e. The van der Waals surface area contributed by atoms with E-state index in [1.165, 1.54) is 13.8 Å². The van der Waals surface area contributed by atoms with Gasteiger partial charge in [0, 0.05) is 76.6 Å². The third kappa shape index (κ3) is 9.25. The topological polar surface area (TPSA) is 185 Å². The number of rotatable bonds is 6. The van der Waals surface area contributed by atoms with Crippen LogP contribution in [0.3, 0.4) is 0 Å². The van der Waals surface area contributed by atoms with Crippen LogP contribution in [0.1, 0.15) is 77.0 Å². The van der Waals surface area contributed by atoms with Crippen molar-refractivity contribution in [2.75, 3.05) is 0 Å². The van der Waals surface area contributed by atoms with Gasteiger partial charge in [0.05, 0.1) is 35.9 Å². The summed E-state index contributed by atoms with van der Waals surface area (Å²) >= 11 is 0. The molecule has 64 heavy (non-hydrogen) atoms. The summed E-state index contributed by atoms with van der Waals surface area (Å²) in [5, 5.41) is 40.2. The molecule has 4 aromatic rings. The number of nitriles is 2. The van der Waals surface area contributed by atoms with Crippen molar-refractivity contribution in [2.24, 2.45) is 35.5 Å². The Bertz CT molecular complexity index is 2340. The molecule has 2 aliphatic carbocycles. The summed E-state index contributed by atoms with van der Waals surface area (Å²) in [4.78, 5) is 8.85. The number of pyridine rings is 3. The first-order valence-corrected chi connectivity index (χ1v) is 23.3. The summed E-state index contributed by atoms with van der Waals surface area (Å²) in [6, 6.07) is 21.3. The lowest BCUT2D eigenvalue weighted by Crippen LogP contribution is -2.56. The van der Waals surface area contributed by atoms with Gasteiger partial charge < -0.3 is 10.2 Å². The fourth-order valence-corrected chi connectivity index (χ4v) is 12.7. The molecule has 0 amide bonds. The molecular formula is C47H51F4N7O4S2. The van der Waals surface area contributed by atoms with Crippen LogP contribution in [-0.2, 0) is 22.0 Å². The number of benzene rings is 1. The highest BCUT2D eigenvalue weighted by Crippen LogP contribution is 2.56. The molecule has 11 nitrogen and oxygen atoms in total. The normalized spacial score (nSPS) is 33.4. The van der Waals surface area contributed by atoms with Gasteiger partial charge in [-0.15, -0.1) is 0 Å². The lowest BCUT2D eigenvalue weighted by molar-refractivity contribution is -0.165. The summed E-state index contributed by atoms with van der Waals surface area (Å²) in [7, 11) is -3.89. The number of hydrogen-bond acceptors (Lipinski definition) is 9. The highest BCUT2D eigenvalue weighted by Gasteiger charge is 2.67. The number of nitrogens with one attached hydrogen (secondary N) is 2. The molecule has 2 saturated heterocycles. The average molecular weight is 918 g/mol. The summed E-state index contributed by atoms with van der Waals surface area (Å²) < 4.78 is 88.8. The van der Waals surface area contributed by atoms with Crippen molar-refractivity contribution in [3.05, 3.63) is 114 Å². The first-order valence-electron chi connectivity index (χ1n) is 21.0. The molecule has 338 valence electrons. The van der Waals surface area contributed by atoms with E-state index in [0.29, 0.717) is 28.2 Å². The van der Waals surface area contributed by atoms with Crippen LogP contribution < -0.4 is 9.44 Å². The maximum atomic E-state index is 14.7. The zero-order chi connectivity index (χ0) is 46.8. The summed E-state index contributed by atoms with van der Waals surface area (Å²) in [5.41, 5.74) is 4.89. The van der Waals surface area contributed by atoms with E-state index in [1.54, 1.807) is 99.2 Å². The minimum Gasteiger partial charge on any atom is -0.375 e. The van der Waals surface area contributed by atoms with E-state index in [2.05, 4.69) is 30.5 Å². The molecule has 10 unspecified atom stereocenters. The number of alkyl halides is 4. The summed E-state index contributed by atoms with van der Waals surface area (Å²) in [6.45, 7) is 10.4. The average Bonchev–Trinajstić information content (AvgIpc) is 3.64. The zero-order valence-corrected chi connectivity index (χ0v) is 37.8. The van der Waals surface area contributed by atoms with Crippen LogP contribution in [0.15, 0.2) is 91.4 Å². The van der Waals surface area contributed by atoms with Crippen LogP contribution in [-0.4, -0.2) is 67.4 Å². The number of aliphatic hydroxyl groups is 2. The lowest BCUT2D eigenvalue weighted by Gasteiger charge is -2.46. The molecule has 1 aromatic carbocycles. The molecule has 0 spiro atoms. The van der Waals surface area contributed by atoms with Gasteiger partial charge in [0.2, 0.25) is 0 Å². The molecule has 17 heteroatoms. The minimum atomic E-state index is -3.15. The number of hydrogen-bond donors (Lipinski definition) is 4. The predicted octanol–water partition coefficient (Wildman–Crippen LogP) is 8.19. The molecule has 0 radical (unpaired) electrons. The zero-order valence-electron chi connectivity index (χ0n) is 36.1. The molecular weight excluding hydrogens is 867 g/mol. The van der Waals surface area contributed by atoms with E-state index in [-0.39, 0.29) is 12.1 Å². The highest BCUT2D eigenvalue weighted by atomic mass is 32.2. The van der Waals surface area contributed by atoms with Gasteiger partial charge >= 0.3 is 0 Å². The number of halogens is 4. The molecule has 12 atom stereocenters. The number of allylic oxidation sites excluding steroid dienone is 2. The van der Waals surface area contributed by atoms with Crippen molar-refractivity contribution in [3.8, 4) is 34.4 Å². The van der Waals surface area contributed by atoms with Crippen LogP contribution in [0.25, 0.3) is 34.4 Å². The predicted molar refractivity (Wildman–Crippen MR) is 239 cm³/mol. The second kappa shape index (κ2) is 19.2. The Morgan fingerprint density at radius 3 is 1.56 bits per heavy atom. The van der Waals surface area contributed by atoms with Crippen LogP contribution >= 0.6 is 0 Å². The maximum Gasteiger partial charge on any atom is 0.254 e. The Labute approximate surface area is 376 Å². The standard InChI is InChI=1S/C23H23F2N3O2S.C22H22F2N4O2S.C2H6/c1-14-19(21-15(2)28-31(30)23(21,29)13-22(14,24)25)10-9-18-8-7-17(12-27-18)20-6-4-3-5-16(20)11-26;1-13-17(20-14(2)28-31(30)22(20,29)12-21(13,23)24)8-7-16-6-5-15(11-27-16)18-4-3-9-26-19(18)10-25;1-2/h3-10,12,14-15,19,21,28-29H,13H2,1-2H3;3-9,11,13-14,17,20,28-29H,12H2,1-2H3;1-2H3/b10-9+;8-7+;/t14?,15?,19-,21?,23?,31?;13?,14?,17-,20?,22?,31?;/m00./s1. The van der Waals surface area contributed by atoms with Crippen molar-refractivity contribution in [2.45, 2.75) is 88.2 Å².